The standard InChI is InChI=1S/C24H29N7O3/c1-24(2,33)9-11-30(3)23(32)29-22-27-20-18(7-8-19(34-4)21(20)28-22)17-13-26-31(15-17)14-16-6-5-10-25-12-16/h5-8,10,12-13,15,33H,9,11,14H2,1-4H3,(H2,27,28,29,32). The molecule has 10 heteroatoms. The van der Waals surface area contributed by atoms with E-state index < -0.39 is 5.60 Å². The number of pyridine rings is 1. The average Bonchev–Trinajstić information content (AvgIpc) is 3.44. The average molecular weight is 464 g/mol. The van der Waals surface area contributed by atoms with Gasteiger partial charge in [0.25, 0.3) is 0 Å². The van der Waals surface area contributed by atoms with Crippen LogP contribution in [0, 0.1) is 0 Å². The fourth-order valence-electron chi connectivity index (χ4n) is 3.54. The fourth-order valence-corrected chi connectivity index (χ4v) is 3.54. The van der Waals surface area contributed by atoms with Crippen LogP contribution in [0.25, 0.3) is 22.2 Å². The lowest BCUT2D eigenvalue weighted by Crippen LogP contribution is -2.35. The number of amides is 2. The van der Waals surface area contributed by atoms with Crippen molar-refractivity contribution in [2.24, 2.45) is 0 Å². The minimum absolute atomic E-state index is 0.309. The van der Waals surface area contributed by atoms with Gasteiger partial charge in [0.2, 0.25) is 5.95 Å². The predicted molar refractivity (Wildman–Crippen MR) is 130 cm³/mol. The highest BCUT2D eigenvalue weighted by molar-refractivity contribution is 5.98. The number of aromatic nitrogens is 5. The molecule has 3 aromatic heterocycles. The third kappa shape index (κ3) is 5.34. The summed E-state index contributed by atoms with van der Waals surface area (Å²) in [5, 5.41) is 17.2. The van der Waals surface area contributed by atoms with Crippen molar-refractivity contribution >= 4 is 23.0 Å². The quantitative estimate of drug-likeness (QED) is 0.368. The van der Waals surface area contributed by atoms with Crippen LogP contribution in [-0.4, -0.2) is 67.1 Å². The van der Waals surface area contributed by atoms with E-state index in [1.54, 1.807) is 40.4 Å². The first-order chi connectivity index (χ1) is 16.2. The van der Waals surface area contributed by atoms with Gasteiger partial charge in [-0.05, 0) is 44.0 Å². The lowest BCUT2D eigenvalue weighted by molar-refractivity contribution is 0.0643. The van der Waals surface area contributed by atoms with Crippen molar-refractivity contribution in [3.05, 3.63) is 54.6 Å². The van der Waals surface area contributed by atoms with Gasteiger partial charge >= 0.3 is 6.03 Å². The summed E-state index contributed by atoms with van der Waals surface area (Å²) >= 11 is 0. The molecule has 34 heavy (non-hydrogen) atoms. The zero-order valence-corrected chi connectivity index (χ0v) is 19.7. The molecule has 0 atom stereocenters. The van der Waals surface area contributed by atoms with Crippen LogP contribution >= 0.6 is 0 Å². The first-order valence-corrected chi connectivity index (χ1v) is 11.0. The van der Waals surface area contributed by atoms with E-state index in [0.717, 1.165) is 16.7 Å². The van der Waals surface area contributed by atoms with Crippen LogP contribution in [0.2, 0.25) is 0 Å². The van der Waals surface area contributed by atoms with E-state index in [4.69, 9.17) is 4.74 Å². The molecular weight excluding hydrogens is 434 g/mol. The van der Waals surface area contributed by atoms with E-state index in [1.165, 1.54) is 4.90 Å². The van der Waals surface area contributed by atoms with Gasteiger partial charge in [0.05, 0.1) is 25.5 Å². The lowest BCUT2D eigenvalue weighted by atomic mass is 10.1. The van der Waals surface area contributed by atoms with Gasteiger partial charge < -0.3 is 19.7 Å². The molecule has 0 spiro atoms. The summed E-state index contributed by atoms with van der Waals surface area (Å²) in [5.41, 5.74) is 3.29. The van der Waals surface area contributed by atoms with Gasteiger partial charge in [-0.15, -0.1) is 0 Å². The predicted octanol–water partition coefficient (Wildman–Crippen LogP) is 3.50. The van der Waals surface area contributed by atoms with Gasteiger partial charge in [0, 0.05) is 43.3 Å². The highest BCUT2D eigenvalue weighted by Gasteiger charge is 2.19. The number of nitrogens with zero attached hydrogens (tertiary/aromatic N) is 5. The second-order valence-electron chi connectivity index (χ2n) is 8.83. The number of hydrogen-bond acceptors (Lipinski definition) is 6. The number of imidazole rings is 1. The van der Waals surface area contributed by atoms with Crippen LogP contribution in [0.1, 0.15) is 25.8 Å². The molecular formula is C24H29N7O3. The smallest absolute Gasteiger partial charge is 0.323 e. The van der Waals surface area contributed by atoms with Crippen LogP contribution in [0.3, 0.4) is 0 Å². The minimum Gasteiger partial charge on any atom is -0.494 e. The van der Waals surface area contributed by atoms with Crippen molar-refractivity contribution in [2.75, 3.05) is 26.0 Å². The van der Waals surface area contributed by atoms with Crippen molar-refractivity contribution in [2.45, 2.75) is 32.4 Å². The molecule has 3 N–H and O–H groups in total. The summed E-state index contributed by atoms with van der Waals surface area (Å²) in [4.78, 5) is 26.1. The lowest BCUT2D eigenvalue weighted by Gasteiger charge is -2.22. The SMILES string of the molecule is COc1ccc(-c2cnn(Cc3cccnc3)c2)c2nc(NC(=O)N(C)CCC(C)(C)O)[nH]c12. The van der Waals surface area contributed by atoms with Crippen LogP contribution in [0.4, 0.5) is 10.7 Å². The molecule has 4 aromatic rings. The van der Waals surface area contributed by atoms with Gasteiger partial charge in [0.1, 0.15) is 16.8 Å². The number of hydrogen-bond donors (Lipinski definition) is 3. The Labute approximate surface area is 197 Å². The Morgan fingerprint density at radius 1 is 1.29 bits per heavy atom. The van der Waals surface area contributed by atoms with E-state index in [2.05, 4.69) is 25.4 Å². The second-order valence-corrected chi connectivity index (χ2v) is 8.83. The molecule has 178 valence electrons. The van der Waals surface area contributed by atoms with Crippen molar-refractivity contribution in [1.29, 1.82) is 0 Å². The van der Waals surface area contributed by atoms with E-state index in [-0.39, 0.29) is 6.03 Å². The molecule has 0 radical (unpaired) electrons. The highest BCUT2D eigenvalue weighted by atomic mass is 16.5. The van der Waals surface area contributed by atoms with Crippen molar-refractivity contribution < 1.29 is 14.6 Å². The Bertz CT molecular complexity index is 1270. The van der Waals surface area contributed by atoms with E-state index >= 15 is 0 Å². The Morgan fingerprint density at radius 2 is 2.12 bits per heavy atom. The maximum atomic E-state index is 12.6. The highest BCUT2D eigenvalue weighted by Crippen LogP contribution is 2.34. The maximum Gasteiger partial charge on any atom is 0.323 e. The number of aromatic amines is 1. The molecule has 0 aliphatic rings. The number of H-pyrrole nitrogens is 1. The summed E-state index contributed by atoms with van der Waals surface area (Å²) in [6.45, 7) is 4.43. The van der Waals surface area contributed by atoms with Crippen molar-refractivity contribution in [3.63, 3.8) is 0 Å². The number of methoxy groups -OCH3 is 1. The number of nitrogens with one attached hydrogen (secondary N) is 2. The molecule has 10 nitrogen and oxygen atoms in total. The molecule has 1 aromatic carbocycles. The normalized spacial score (nSPS) is 11.6. The largest absolute Gasteiger partial charge is 0.494 e. The molecule has 0 saturated heterocycles. The van der Waals surface area contributed by atoms with Gasteiger partial charge in [-0.1, -0.05) is 6.07 Å². The van der Waals surface area contributed by atoms with Crippen molar-refractivity contribution in [3.8, 4) is 16.9 Å². The summed E-state index contributed by atoms with van der Waals surface area (Å²) < 4.78 is 7.34. The summed E-state index contributed by atoms with van der Waals surface area (Å²) in [7, 11) is 3.26. The van der Waals surface area contributed by atoms with Crippen LogP contribution in [0.5, 0.6) is 5.75 Å². The second kappa shape index (κ2) is 9.52. The van der Waals surface area contributed by atoms with Crippen LogP contribution < -0.4 is 10.1 Å². The minimum atomic E-state index is -0.850. The molecule has 4 rings (SSSR count). The number of aliphatic hydroxyl groups is 1. The Balaban J connectivity index is 1.58. The molecule has 0 unspecified atom stereocenters. The number of carbonyl (C=O) groups excluding carboxylic acids is 1. The van der Waals surface area contributed by atoms with Gasteiger partial charge in [0.15, 0.2) is 0 Å². The van der Waals surface area contributed by atoms with Crippen LogP contribution in [-0.2, 0) is 6.54 Å². The Hall–Kier alpha value is -3.92. The molecule has 3 heterocycles. The molecule has 0 aliphatic carbocycles. The maximum absolute atomic E-state index is 12.6. The number of urea groups is 1. The Kier molecular flexibility index (Phi) is 6.51. The van der Waals surface area contributed by atoms with E-state index in [1.807, 2.05) is 41.3 Å². The molecule has 0 aliphatic heterocycles. The molecule has 2 amide bonds. The first-order valence-electron chi connectivity index (χ1n) is 11.0. The Morgan fingerprint density at radius 3 is 2.82 bits per heavy atom. The first kappa shape index (κ1) is 23.2. The van der Waals surface area contributed by atoms with Gasteiger partial charge in [-0.3, -0.25) is 15.0 Å². The van der Waals surface area contributed by atoms with Gasteiger partial charge in [-0.25, -0.2) is 9.78 Å². The van der Waals surface area contributed by atoms with Gasteiger partial charge in [-0.2, -0.15) is 5.10 Å². The molecule has 0 saturated carbocycles. The molecule has 0 bridgehead atoms. The number of carbonyl (C=O) groups is 1. The number of fused-ring (bicyclic) bond motifs is 1. The molecule has 0 fully saturated rings. The van der Waals surface area contributed by atoms with Crippen LogP contribution in [0.15, 0.2) is 49.1 Å². The zero-order valence-electron chi connectivity index (χ0n) is 19.7. The fraction of sp³-hybridized carbons (Fsp3) is 0.333. The zero-order chi connectivity index (χ0) is 24.3. The number of ether oxygens (including phenoxy) is 1. The third-order valence-electron chi connectivity index (χ3n) is 5.47. The topological polar surface area (TPSA) is 121 Å². The summed E-state index contributed by atoms with van der Waals surface area (Å²) in [6, 6.07) is 7.35. The van der Waals surface area contributed by atoms with Crippen molar-refractivity contribution in [1.82, 2.24) is 29.6 Å². The number of rotatable bonds is 8. The van der Waals surface area contributed by atoms with E-state index in [9.17, 15) is 9.90 Å². The van der Waals surface area contributed by atoms with E-state index in [0.29, 0.717) is 42.2 Å². The number of benzene rings is 1. The monoisotopic (exact) mass is 463 g/mol. The summed E-state index contributed by atoms with van der Waals surface area (Å²) in [6.07, 6.45) is 7.75. The summed E-state index contributed by atoms with van der Waals surface area (Å²) in [5.74, 6) is 0.925. The third-order valence-corrected chi connectivity index (χ3v) is 5.47. The number of anilines is 1.